The van der Waals surface area contributed by atoms with Gasteiger partial charge in [0.05, 0.1) is 17.6 Å². The smallest absolute Gasteiger partial charge is 0.275 e. The Morgan fingerprint density at radius 2 is 2.00 bits per heavy atom. The van der Waals surface area contributed by atoms with Crippen LogP contribution < -0.4 is 10.6 Å². The molecule has 10 nitrogen and oxygen atoms in total. The lowest BCUT2D eigenvalue weighted by Crippen LogP contribution is -2.38. The van der Waals surface area contributed by atoms with Crippen LogP contribution in [0.15, 0.2) is 22.8 Å². The molecule has 176 valence electrons. The Kier molecular flexibility index (Phi) is 5.87. The number of amides is 2. The first kappa shape index (κ1) is 22.8. The van der Waals surface area contributed by atoms with E-state index >= 15 is 0 Å². The summed E-state index contributed by atoms with van der Waals surface area (Å²) >= 11 is 0. The third-order valence-corrected chi connectivity index (χ3v) is 5.43. The standard InChI is InChI=1S/C21H24F2N6O4/c1-20(2,32)18-17(28-33-29-18)19(31)25-10-15-26-13-4-3-11(5-14(13)27-15)9-24-16(30)6-12-7-21(22,23)8-12/h3-5,12,32H,6-10H2,1-2H3,(H,24,30)(H,25,31)(H,26,27). The Morgan fingerprint density at radius 3 is 2.70 bits per heavy atom. The van der Waals surface area contributed by atoms with Gasteiger partial charge >= 0.3 is 0 Å². The molecule has 1 aliphatic carbocycles. The summed E-state index contributed by atoms with van der Waals surface area (Å²) < 4.78 is 30.4. The molecule has 2 amide bonds. The number of hydrogen-bond donors (Lipinski definition) is 4. The van der Waals surface area contributed by atoms with E-state index in [1.54, 1.807) is 12.1 Å². The quantitative estimate of drug-likeness (QED) is 0.401. The molecule has 4 rings (SSSR count). The third-order valence-electron chi connectivity index (χ3n) is 5.43. The van der Waals surface area contributed by atoms with E-state index in [-0.39, 0.29) is 55.6 Å². The summed E-state index contributed by atoms with van der Waals surface area (Å²) in [5.74, 6) is -3.22. The van der Waals surface area contributed by atoms with Gasteiger partial charge in [0.15, 0.2) is 5.69 Å². The number of imidazole rings is 1. The van der Waals surface area contributed by atoms with Crippen molar-refractivity contribution in [2.75, 3.05) is 0 Å². The van der Waals surface area contributed by atoms with E-state index in [0.717, 1.165) is 5.56 Å². The predicted molar refractivity (Wildman–Crippen MR) is 111 cm³/mol. The van der Waals surface area contributed by atoms with E-state index in [9.17, 15) is 23.5 Å². The number of H-pyrrole nitrogens is 1. The molecule has 4 N–H and O–H groups in total. The van der Waals surface area contributed by atoms with Crippen LogP contribution in [0.2, 0.25) is 0 Å². The summed E-state index contributed by atoms with van der Waals surface area (Å²) in [5, 5.41) is 22.6. The summed E-state index contributed by atoms with van der Waals surface area (Å²) in [7, 11) is 0. The third kappa shape index (κ3) is 5.33. The van der Waals surface area contributed by atoms with Crippen molar-refractivity contribution < 1.29 is 28.1 Å². The monoisotopic (exact) mass is 462 g/mol. The highest BCUT2D eigenvalue weighted by atomic mass is 19.3. The average Bonchev–Trinajstić information content (AvgIpc) is 3.35. The number of rotatable bonds is 8. The van der Waals surface area contributed by atoms with Gasteiger partial charge < -0.3 is 20.7 Å². The molecule has 1 aromatic carbocycles. The lowest BCUT2D eigenvalue weighted by atomic mass is 9.79. The van der Waals surface area contributed by atoms with E-state index in [0.29, 0.717) is 16.9 Å². The molecule has 0 unspecified atom stereocenters. The molecule has 0 radical (unpaired) electrons. The van der Waals surface area contributed by atoms with Crippen LogP contribution in [0.5, 0.6) is 0 Å². The molecule has 33 heavy (non-hydrogen) atoms. The fraction of sp³-hybridized carbons (Fsp3) is 0.476. The maximum atomic E-state index is 12.9. The summed E-state index contributed by atoms with van der Waals surface area (Å²) in [6.45, 7) is 3.27. The van der Waals surface area contributed by atoms with Gasteiger partial charge in [-0.3, -0.25) is 9.59 Å². The number of halogens is 2. The predicted octanol–water partition coefficient (Wildman–Crippen LogP) is 2.15. The Hall–Kier alpha value is -3.41. The van der Waals surface area contributed by atoms with E-state index < -0.39 is 17.4 Å². The van der Waals surface area contributed by atoms with Crippen molar-refractivity contribution in [2.45, 2.75) is 57.7 Å². The first-order valence-corrected chi connectivity index (χ1v) is 10.5. The van der Waals surface area contributed by atoms with Crippen LogP contribution in [0.1, 0.15) is 60.7 Å². The van der Waals surface area contributed by atoms with Gasteiger partial charge in [-0.15, -0.1) is 0 Å². The molecule has 1 saturated carbocycles. The highest BCUT2D eigenvalue weighted by Gasteiger charge is 2.45. The molecular formula is C21H24F2N6O4. The molecule has 1 aliphatic rings. The minimum Gasteiger partial charge on any atom is -0.384 e. The largest absolute Gasteiger partial charge is 0.384 e. The minimum atomic E-state index is -2.63. The van der Waals surface area contributed by atoms with Gasteiger partial charge in [-0.25, -0.2) is 18.4 Å². The topological polar surface area (TPSA) is 146 Å². The molecule has 0 aliphatic heterocycles. The first-order valence-electron chi connectivity index (χ1n) is 10.5. The zero-order valence-corrected chi connectivity index (χ0v) is 18.1. The van der Waals surface area contributed by atoms with E-state index in [1.807, 2.05) is 6.07 Å². The average molecular weight is 462 g/mol. The van der Waals surface area contributed by atoms with Crippen molar-refractivity contribution in [3.8, 4) is 0 Å². The number of carbonyl (C=O) groups excluding carboxylic acids is 2. The van der Waals surface area contributed by atoms with Crippen molar-refractivity contribution in [1.82, 2.24) is 30.9 Å². The lowest BCUT2D eigenvalue weighted by Gasteiger charge is -2.34. The lowest BCUT2D eigenvalue weighted by molar-refractivity contribution is -0.133. The fourth-order valence-electron chi connectivity index (χ4n) is 3.75. The molecule has 0 spiro atoms. The number of aliphatic hydroxyl groups is 1. The second kappa shape index (κ2) is 8.50. The highest BCUT2D eigenvalue weighted by Crippen LogP contribution is 2.43. The molecule has 0 bridgehead atoms. The van der Waals surface area contributed by atoms with Gasteiger partial charge in [-0.2, -0.15) is 0 Å². The Bertz CT molecular complexity index is 1180. The summed E-state index contributed by atoms with van der Waals surface area (Å²) in [6.07, 6.45) is -0.361. The number of nitrogens with zero attached hydrogens (tertiary/aromatic N) is 3. The Labute approximate surface area is 187 Å². The number of carbonyl (C=O) groups is 2. The van der Waals surface area contributed by atoms with Crippen LogP contribution in [0.3, 0.4) is 0 Å². The number of benzene rings is 1. The van der Waals surface area contributed by atoms with Gasteiger partial charge in [0.1, 0.15) is 17.1 Å². The minimum absolute atomic E-state index is 0.0299. The van der Waals surface area contributed by atoms with Crippen LogP contribution in [-0.4, -0.2) is 43.1 Å². The summed E-state index contributed by atoms with van der Waals surface area (Å²) in [4.78, 5) is 31.9. The Balaban J connectivity index is 1.32. The van der Waals surface area contributed by atoms with Crippen molar-refractivity contribution in [2.24, 2.45) is 5.92 Å². The summed E-state index contributed by atoms with van der Waals surface area (Å²) in [5.41, 5.74) is 0.735. The molecule has 12 heteroatoms. The molecule has 3 aromatic rings. The maximum Gasteiger partial charge on any atom is 0.275 e. The fourth-order valence-corrected chi connectivity index (χ4v) is 3.75. The van der Waals surface area contributed by atoms with Crippen LogP contribution in [-0.2, 0) is 23.5 Å². The molecular weight excluding hydrogens is 438 g/mol. The normalized spacial score (nSPS) is 15.9. The van der Waals surface area contributed by atoms with Gasteiger partial charge in [-0.05, 0) is 42.6 Å². The van der Waals surface area contributed by atoms with E-state index in [4.69, 9.17) is 0 Å². The zero-order valence-electron chi connectivity index (χ0n) is 18.1. The number of fused-ring (bicyclic) bond motifs is 1. The van der Waals surface area contributed by atoms with Crippen LogP contribution >= 0.6 is 0 Å². The molecule has 2 aromatic heterocycles. The van der Waals surface area contributed by atoms with Gasteiger partial charge in [0.2, 0.25) is 11.8 Å². The van der Waals surface area contributed by atoms with Crippen molar-refractivity contribution in [3.05, 3.63) is 41.0 Å². The zero-order chi connectivity index (χ0) is 23.8. The number of alkyl halides is 2. The van der Waals surface area contributed by atoms with Gasteiger partial charge in [0.25, 0.3) is 5.91 Å². The SMILES string of the molecule is CC(C)(O)c1nonc1C(=O)NCc1nc2ccc(CNC(=O)CC3CC(F)(F)C3)cc2[nH]1. The van der Waals surface area contributed by atoms with Crippen molar-refractivity contribution in [1.29, 1.82) is 0 Å². The van der Waals surface area contributed by atoms with Crippen molar-refractivity contribution in [3.63, 3.8) is 0 Å². The molecule has 1 fully saturated rings. The van der Waals surface area contributed by atoms with Crippen LogP contribution in [0, 0.1) is 5.92 Å². The number of aromatic amines is 1. The van der Waals surface area contributed by atoms with Crippen LogP contribution in [0.25, 0.3) is 11.0 Å². The van der Waals surface area contributed by atoms with Gasteiger partial charge in [-0.1, -0.05) is 11.2 Å². The summed E-state index contributed by atoms with van der Waals surface area (Å²) in [6, 6.07) is 5.40. The highest BCUT2D eigenvalue weighted by molar-refractivity contribution is 5.93. The number of hydrogen-bond acceptors (Lipinski definition) is 7. The van der Waals surface area contributed by atoms with Crippen molar-refractivity contribution >= 4 is 22.8 Å². The van der Waals surface area contributed by atoms with E-state index in [1.165, 1.54) is 13.8 Å². The molecule has 0 atom stereocenters. The number of aromatic nitrogens is 4. The number of nitrogens with one attached hydrogen (secondary N) is 3. The maximum absolute atomic E-state index is 12.9. The first-order chi connectivity index (χ1) is 15.5. The second-order valence-corrected chi connectivity index (χ2v) is 8.85. The molecule has 0 saturated heterocycles. The van der Waals surface area contributed by atoms with Gasteiger partial charge in [0, 0.05) is 25.8 Å². The second-order valence-electron chi connectivity index (χ2n) is 8.85. The van der Waals surface area contributed by atoms with E-state index in [2.05, 4.69) is 35.5 Å². The molecule has 2 heterocycles. The van der Waals surface area contributed by atoms with Crippen LogP contribution in [0.4, 0.5) is 8.78 Å². The Morgan fingerprint density at radius 1 is 1.24 bits per heavy atom.